The second-order valence-electron chi connectivity index (χ2n) is 5.80. The Hall–Kier alpha value is -2.65. The van der Waals surface area contributed by atoms with E-state index in [9.17, 15) is 4.79 Å². The number of benzene rings is 2. The fraction of sp³-hybridized carbons (Fsp3) is 0.136. The van der Waals surface area contributed by atoms with Crippen molar-refractivity contribution in [3.05, 3.63) is 99.8 Å². The van der Waals surface area contributed by atoms with Crippen LogP contribution in [0.3, 0.4) is 0 Å². The van der Waals surface area contributed by atoms with Gasteiger partial charge in [0, 0.05) is 11.0 Å². The molecule has 0 unspecified atom stereocenters. The number of aryl methyl sites for hydroxylation is 1. The van der Waals surface area contributed by atoms with Crippen LogP contribution in [0.2, 0.25) is 0 Å². The van der Waals surface area contributed by atoms with E-state index >= 15 is 0 Å². The average molecular weight is 347 g/mol. The van der Waals surface area contributed by atoms with Crippen molar-refractivity contribution < 1.29 is 4.79 Å². The monoisotopic (exact) mass is 347 g/mol. The Morgan fingerprint density at radius 1 is 1.04 bits per heavy atom. The second kappa shape index (κ2) is 8.45. The third-order valence-corrected chi connectivity index (χ3v) is 5.00. The van der Waals surface area contributed by atoms with Gasteiger partial charge < -0.3 is 5.32 Å². The Morgan fingerprint density at radius 2 is 1.80 bits per heavy atom. The summed E-state index contributed by atoms with van der Waals surface area (Å²) in [5, 5.41) is 5.16. The lowest BCUT2D eigenvalue weighted by Crippen LogP contribution is -2.27. The minimum Gasteiger partial charge on any atom is -0.341 e. The number of rotatable bonds is 6. The summed E-state index contributed by atoms with van der Waals surface area (Å²) in [5.74, 6) is -0.0955. The Morgan fingerprint density at radius 3 is 2.44 bits per heavy atom. The lowest BCUT2D eigenvalue weighted by Gasteiger charge is -2.17. The van der Waals surface area contributed by atoms with Crippen molar-refractivity contribution in [2.24, 2.45) is 0 Å². The molecule has 0 saturated carbocycles. The molecule has 0 aliphatic heterocycles. The first-order valence-corrected chi connectivity index (χ1v) is 9.30. The first-order valence-electron chi connectivity index (χ1n) is 8.42. The van der Waals surface area contributed by atoms with Crippen LogP contribution in [0.5, 0.6) is 0 Å². The van der Waals surface area contributed by atoms with Crippen molar-refractivity contribution in [3.8, 4) is 0 Å². The SMILES string of the molecule is CCc1ccc([C@H](NC(=O)/C=C/c2ccccc2)c2cccs2)cc1. The van der Waals surface area contributed by atoms with Crippen LogP contribution in [0.4, 0.5) is 0 Å². The highest BCUT2D eigenvalue weighted by Gasteiger charge is 2.16. The molecule has 0 bridgehead atoms. The van der Waals surface area contributed by atoms with E-state index in [0.29, 0.717) is 0 Å². The molecule has 0 aliphatic carbocycles. The summed E-state index contributed by atoms with van der Waals surface area (Å²) in [5.41, 5.74) is 3.41. The van der Waals surface area contributed by atoms with Crippen molar-refractivity contribution in [3.63, 3.8) is 0 Å². The molecule has 0 aliphatic rings. The highest BCUT2D eigenvalue weighted by molar-refractivity contribution is 7.10. The quantitative estimate of drug-likeness (QED) is 0.608. The number of amides is 1. The van der Waals surface area contributed by atoms with Crippen LogP contribution in [0.25, 0.3) is 6.08 Å². The molecule has 1 amide bonds. The molecule has 1 aromatic heterocycles. The summed E-state index contributed by atoms with van der Waals surface area (Å²) >= 11 is 1.65. The van der Waals surface area contributed by atoms with E-state index in [1.165, 1.54) is 5.56 Å². The van der Waals surface area contributed by atoms with Gasteiger partial charge in [-0.3, -0.25) is 4.79 Å². The van der Waals surface area contributed by atoms with E-state index in [1.54, 1.807) is 17.4 Å². The summed E-state index contributed by atoms with van der Waals surface area (Å²) in [6, 6.07) is 22.2. The molecule has 1 heterocycles. The number of thiophene rings is 1. The van der Waals surface area contributed by atoms with Crippen molar-refractivity contribution >= 4 is 23.3 Å². The molecule has 126 valence electrons. The third-order valence-electron chi connectivity index (χ3n) is 4.06. The van der Waals surface area contributed by atoms with Crippen molar-refractivity contribution in [1.82, 2.24) is 5.32 Å². The van der Waals surface area contributed by atoms with Gasteiger partial charge in [-0.2, -0.15) is 0 Å². The molecule has 3 aromatic rings. The highest BCUT2D eigenvalue weighted by Crippen LogP contribution is 2.26. The zero-order valence-electron chi connectivity index (χ0n) is 14.2. The van der Waals surface area contributed by atoms with Crippen LogP contribution >= 0.6 is 11.3 Å². The number of nitrogens with one attached hydrogen (secondary N) is 1. The first-order chi connectivity index (χ1) is 12.3. The van der Waals surface area contributed by atoms with E-state index in [-0.39, 0.29) is 11.9 Å². The molecule has 0 fully saturated rings. The summed E-state index contributed by atoms with van der Waals surface area (Å²) in [6.07, 6.45) is 4.44. The van der Waals surface area contributed by atoms with E-state index in [0.717, 1.165) is 22.4 Å². The lowest BCUT2D eigenvalue weighted by molar-refractivity contribution is -0.116. The van der Waals surface area contributed by atoms with Crippen LogP contribution in [0.15, 0.2) is 78.2 Å². The van der Waals surface area contributed by atoms with E-state index in [1.807, 2.05) is 47.9 Å². The highest BCUT2D eigenvalue weighted by atomic mass is 32.1. The smallest absolute Gasteiger partial charge is 0.244 e. The van der Waals surface area contributed by atoms with Gasteiger partial charge in [-0.05, 0) is 40.6 Å². The topological polar surface area (TPSA) is 29.1 Å². The fourth-order valence-electron chi connectivity index (χ4n) is 2.65. The maximum atomic E-state index is 12.4. The maximum absolute atomic E-state index is 12.4. The van der Waals surface area contributed by atoms with E-state index in [4.69, 9.17) is 0 Å². The van der Waals surface area contributed by atoms with Gasteiger partial charge in [0.15, 0.2) is 0 Å². The zero-order chi connectivity index (χ0) is 17.5. The number of hydrogen-bond acceptors (Lipinski definition) is 2. The molecule has 3 heteroatoms. The molecule has 3 rings (SSSR count). The van der Waals surface area contributed by atoms with Crippen LogP contribution in [0, 0.1) is 0 Å². The van der Waals surface area contributed by atoms with Crippen LogP contribution in [0.1, 0.15) is 34.5 Å². The fourth-order valence-corrected chi connectivity index (χ4v) is 3.45. The molecule has 2 nitrogen and oxygen atoms in total. The van der Waals surface area contributed by atoms with Crippen molar-refractivity contribution in [2.75, 3.05) is 0 Å². The summed E-state index contributed by atoms with van der Waals surface area (Å²) < 4.78 is 0. The molecular formula is C22H21NOS. The standard InChI is InChI=1S/C22H21NOS/c1-2-17-10-13-19(14-11-17)22(20-9-6-16-25-20)23-21(24)15-12-18-7-4-3-5-8-18/h3-16,22H,2H2,1H3,(H,23,24)/b15-12+/t22-/m0/s1. The van der Waals surface area contributed by atoms with Gasteiger partial charge in [-0.25, -0.2) is 0 Å². The van der Waals surface area contributed by atoms with Gasteiger partial charge in [0.2, 0.25) is 5.91 Å². The van der Waals surface area contributed by atoms with Gasteiger partial charge in [-0.15, -0.1) is 11.3 Å². The molecule has 25 heavy (non-hydrogen) atoms. The minimum absolute atomic E-state index is 0.0955. The predicted molar refractivity (Wildman–Crippen MR) is 106 cm³/mol. The van der Waals surface area contributed by atoms with E-state index < -0.39 is 0 Å². The summed E-state index contributed by atoms with van der Waals surface area (Å²) in [6.45, 7) is 2.14. The molecule has 0 radical (unpaired) electrons. The van der Waals surface area contributed by atoms with Crippen molar-refractivity contribution in [1.29, 1.82) is 0 Å². The van der Waals surface area contributed by atoms with E-state index in [2.05, 4.69) is 42.6 Å². The molecular weight excluding hydrogens is 326 g/mol. The lowest BCUT2D eigenvalue weighted by atomic mass is 10.0. The minimum atomic E-state index is -0.126. The second-order valence-corrected chi connectivity index (χ2v) is 6.78. The Labute approximate surface area is 152 Å². The number of hydrogen-bond donors (Lipinski definition) is 1. The molecule has 0 saturated heterocycles. The Bertz CT molecular complexity index is 820. The van der Waals surface area contributed by atoms with Gasteiger partial charge >= 0.3 is 0 Å². The van der Waals surface area contributed by atoms with Crippen LogP contribution < -0.4 is 5.32 Å². The van der Waals surface area contributed by atoms with Crippen LogP contribution in [-0.4, -0.2) is 5.91 Å². The Kier molecular flexibility index (Phi) is 5.81. The third kappa shape index (κ3) is 4.68. The summed E-state index contributed by atoms with van der Waals surface area (Å²) in [4.78, 5) is 13.6. The normalized spacial score (nSPS) is 12.2. The van der Waals surface area contributed by atoms with Gasteiger partial charge in [0.1, 0.15) is 0 Å². The number of carbonyl (C=O) groups is 1. The summed E-state index contributed by atoms with van der Waals surface area (Å²) in [7, 11) is 0. The van der Waals surface area contributed by atoms with Gasteiger partial charge in [0.25, 0.3) is 0 Å². The molecule has 1 atom stereocenters. The molecule has 0 spiro atoms. The molecule has 1 N–H and O–H groups in total. The maximum Gasteiger partial charge on any atom is 0.244 e. The molecule has 2 aromatic carbocycles. The largest absolute Gasteiger partial charge is 0.341 e. The van der Waals surface area contributed by atoms with Gasteiger partial charge in [-0.1, -0.05) is 67.6 Å². The average Bonchev–Trinajstić information content (AvgIpc) is 3.20. The predicted octanol–water partition coefficient (Wildman–Crippen LogP) is 5.23. The number of carbonyl (C=O) groups excluding carboxylic acids is 1. The first kappa shape index (κ1) is 17.2. The van der Waals surface area contributed by atoms with Crippen LogP contribution in [-0.2, 0) is 11.2 Å². The van der Waals surface area contributed by atoms with Crippen molar-refractivity contribution in [2.45, 2.75) is 19.4 Å². The van der Waals surface area contributed by atoms with Gasteiger partial charge in [0.05, 0.1) is 6.04 Å². The zero-order valence-corrected chi connectivity index (χ0v) is 15.0. The Balaban J connectivity index is 1.78.